The van der Waals surface area contributed by atoms with Crippen LogP contribution in [0.2, 0.25) is 0 Å². The number of halogens is 5. The highest BCUT2D eigenvalue weighted by Gasteiger charge is 2.22. The van der Waals surface area contributed by atoms with Gasteiger partial charge in [0.15, 0.2) is 29.1 Å². The molecule has 0 fully saturated rings. The van der Waals surface area contributed by atoms with E-state index in [-0.39, 0.29) is 0 Å². The summed E-state index contributed by atoms with van der Waals surface area (Å²) in [5.74, 6) is -10.3. The number of hydrogen-bond donors (Lipinski definition) is 0. The molecule has 1 aromatic rings. The average Bonchev–Trinajstić information content (AvgIpc) is 3.12. The molecule has 0 bridgehead atoms. The Hall–Kier alpha value is -1.11. The van der Waals surface area contributed by atoms with Crippen LogP contribution in [-0.4, -0.2) is 32.9 Å². The zero-order valence-electron chi connectivity index (χ0n) is 33.0. The van der Waals surface area contributed by atoms with Gasteiger partial charge in [-0.25, -0.2) is 22.0 Å². The molecule has 7 heteroatoms. The van der Waals surface area contributed by atoms with Crippen LogP contribution in [0.1, 0.15) is 219 Å². The van der Waals surface area contributed by atoms with E-state index in [0.29, 0.717) is 0 Å². The molecule has 0 aliphatic heterocycles. The van der Waals surface area contributed by atoms with E-state index in [1.807, 2.05) is 0 Å². The smallest absolute Gasteiger partial charge is 0.200 e. The summed E-state index contributed by atoms with van der Waals surface area (Å²) in [5.41, 5.74) is -1.37. The minimum atomic E-state index is -2.21. The fourth-order valence-electron chi connectivity index (χ4n) is 6.59. The van der Waals surface area contributed by atoms with Crippen molar-refractivity contribution in [1.82, 2.24) is 4.90 Å². The van der Waals surface area contributed by atoms with E-state index in [2.05, 4.69) is 33.6 Å². The van der Waals surface area contributed by atoms with Crippen LogP contribution in [0.4, 0.5) is 22.0 Å². The molecule has 0 saturated carbocycles. The summed E-state index contributed by atoms with van der Waals surface area (Å²) >= 11 is 0. The SMILES string of the molecule is CCCCCCCCCCCCCCCCCCN(C)CCCCCCCCCCCCCCCCCC.[B]c1c(F)c(F)c(F)c(F)c1F. The monoisotopic (exact) mass is 714 g/mol. The minimum absolute atomic E-state index is 1.32. The van der Waals surface area contributed by atoms with Crippen LogP contribution in [-0.2, 0) is 0 Å². The molecule has 50 heavy (non-hydrogen) atoms. The van der Waals surface area contributed by atoms with E-state index < -0.39 is 34.5 Å². The van der Waals surface area contributed by atoms with Gasteiger partial charge in [0, 0.05) is 0 Å². The molecule has 1 rings (SSSR count). The van der Waals surface area contributed by atoms with Crippen molar-refractivity contribution in [2.24, 2.45) is 0 Å². The Morgan fingerprint density at radius 2 is 0.500 bits per heavy atom. The predicted octanol–water partition coefficient (Wildman–Crippen LogP) is 14.6. The highest BCUT2D eigenvalue weighted by atomic mass is 19.2. The molecule has 0 heterocycles. The molecule has 0 aliphatic carbocycles. The Morgan fingerprint density at radius 1 is 0.320 bits per heavy atom. The molecule has 0 unspecified atom stereocenters. The summed E-state index contributed by atoms with van der Waals surface area (Å²) < 4.78 is 61.1. The quantitative estimate of drug-likeness (QED) is 0.0226. The fourth-order valence-corrected chi connectivity index (χ4v) is 6.59. The first kappa shape index (κ1) is 48.9. The first-order valence-corrected chi connectivity index (χ1v) is 21.2. The van der Waals surface area contributed by atoms with Crippen molar-refractivity contribution in [3.8, 4) is 0 Å². The zero-order chi connectivity index (χ0) is 37.1. The molecule has 0 N–H and O–H groups in total. The summed E-state index contributed by atoms with van der Waals surface area (Å²) in [6.07, 6.45) is 46.8. The first-order chi connectivity index (χ1) is 24.3. The van der Waals surface area contributed by atoms with Gasteiger partial charge in [0.1, 0.15) is 7.85 Å². The van der Waals surface area contributed by atoms with Gasteiger partial charge in [-0.05, 0) is 38.4 Å². The van der Waals surface area contributed by atoms with Gasteiger partial charge in [-0.2, -0.15) is 0 Å². The zero-order valence-corrected chi connectivity index (χ0v) is 33.0. The topological polar surface area (TPSA) is 3.24 Å². The van der Waals surface area contributed by atoms with Gasteiger partial charge in [0.2, 0.25) is 0 Å². The van der Waals surface area contributed by atoms with Crippen molar-refractivity contribution in [3.05, 3.63) is 29.1 Å². The van der Waals surface area contributed by atoms with Crippen LogP contribution in [0.5, 0.6) is 0 Å². The van der Waals surface area contributed by atoms with Gasteiger partial charge in [-0.1, -0.05) is 206 Å². The van der Waals surface area contributed by atoms with Crippen molar-refractivity contribution in [1.29, 1.82) is 0 Å². The lowest BCUT2D eigenvalue weighted by Gasteiger charge is -2.16. The third kappa shape index (κ3) is 28.5. The van der Waals surface area contributed by atoms with Crippen molar-refractivity contribution in [3.63, 3.8) is 0 Å². The Bertz CT molecular complexity index is 742. The highest BCUT2D eigenvalue weighted by Crippen LogP contribution is 2.17. The number of rotatable bonds is 34. The van der Waals surface area contributed by atoms with Crippen LogP contribution in [0, 0.1) is 29.1 Å². The van der Waals surface area contributed by atoms with Gasteiger partial charge in [0.25, 0.3) is 0 Å². The summed E-state index contributed by atoms with van der Waals surface area (Å²) in [4.78, 5) is 2.59. The van der Waals surface area contributed by atoms with Gasteiger partial charge in [-0.15, -0.1) is 0 Å². The molecule has 292 valence electrons. The third-order valence-electron chi connectivity index (χ3n) is 10.0. The molecule has 0 aliphatic rings. The maximum atomic E-state index is 12.3. The second-order valence-corrected chi connectivity index (χ2v) is 14.9. The summed E-state index contributed by atoms with van der Waals surface area (Å²) in [7, 11) is 6.90. The first-order valence-electron chi connectivity index (χ1n) is 21.2. The normalized spacial score (nSPS) is 11.4. The van der Waals surface area contributed by atoms with Gasteiger partial charge >= 0.3 is 0 Å². The lowest BCUT2D eigenvalue weighted by atomic mass is 9.94. The van der Waals surface area contributed by atoms with Crippen LogP contribution in [0.15, 0.2) is 0 Å². The van der Waals surface area contributed by atoms with Crippen molar-refractivity contribution in [2.75, 3.05) is 20.1 Å². The van der Waals surface area contributed by atoms with E-state index in [4.69, 9.17) is 0 Å². The summed E-state index contributed by atoms with van der Waals surface area (Å²) in [6, 6.07) is 0. The van der Waals surface area contributed by atoms with Crippen LogP contribution >= 0.6 is 0 Å². The minimum Gasteiger partial charge on any atom is -0.306 e. The molecule has 0 atom stereocenters. The molecule has 0 saturated heterocycles. The van der Waals surface area contributed by atoms with Gasteiger partial charge < -0.3 is 4.90 Å². The maximum Gasteiger partial charge on any atom is 0.200 e. The lowest BCUT2D eigenvalue weighted by Crippen LogP contribution is -2.20. The molecule has 1 aromatic carbocycles. The molecular weight excluding hydrogens is 636 g/mol. The number of hydrogen-bond acceptors (Lipinski definition) is 1. The van der Waals surface area contributed by atoms with E-state index in [9.17, 15) is 22.0 Å². The molecule has 0 spiro atoms. The Morgan fingerprint density at radius 3 is 0.720 bits per heavy atom. The summed E-state index contributed by atoms with van der Waals surface area (Å²) in [6.45, 7) is 7.25. The second kappa shape index (κ2) is 36.3. The molecular formula is C43H77BF5N. The predicted molar refractivity (Wildman–Crippen MR) is 208 cm³/mol. The van der Waals surface area contributed by atoms with Crippen LogP contribution in [0.3, 0.4) is 0 Å². The van der Waals surface area contributed by atoms with Gasteiger partial charge in [-0.3, -0.25) is 0 Å². The second-order valence-electron chi connectivity index (χ2n) is 14.9. The van der Waals surface area contributed by atoms with E-state index >= 15 is 0 Å². The number of nitrogens with zero attached hydrogens (tertiary/aromatic N) is 1. The third-order valence-corrected chi connectivity index (χ3v) is 10.0. The number of unbranched alkanes of at least 4 members (excludes halogenated alkanes) is 30. The van der Waals surface area contributed by atoms with Crippen LogP contribution in [0.25, 0.3) is 0 Å². The van der Waals surface area contributed by atoms with Crippen molar-refractivity contribution < 1.29 is 22.0 Å². The standard InChI is InChI=1S/C37H77N.C6BF5/c1-4-6-8-10-12-14-16-18-20-22-24-26-28-30-32-34-36-38(3)37-35-33-31-29-27-25-23-21-19-17-15-13-11-9-7-5-2;7-1-2(8)4(10)6(12)5(11)3(1)9/h4-37H2,1-3H3;. The fraction of sp³-hybridized carbons (Fsp3) is 0.860. The largest absolute Gasteiger partial charge is 0.306 e. The van der Waals surface area contributed by atoms with Crippen molar-refractivity contribution >= 4 is 13.3 Å². The lowest BCUT2D eigenvalue weighted by molar-refractivity contribution is 0.314. The Balaban J connectivity index is 0.00000167. The summed E-state index contributed by atoms with van der Waals surface area (Å²) in [5, 5.41) is 0. The van der Waals surface area contributed by atoms with Crippen LogP contribution < -0.4 is 5.46 Å². The maximum absolute atomic E-state index is 12.3. The number of benzene rings is 1. The average molecular weight is 714 g/mol. The van der Waals surface area contributed by atoms with E-state index in [1.54, 1.807) is 0 Å². The molecule has 2 radical (unpaired) electrons. The molecule has 0 aromatic heterocycles. The highest BCUT2D eigenvalue weighted by molar-refractivity contribution is 6.32. The van der Waals surface area contributed by atoms with Crippen molar-refractivity contribution in [2.45, 2.75) is 219 Å². The Kier molecular flexibility index (Phi) is 35.5. The molecule has 1 nitrogen and oxygen atoms in total. The Labute approximate surface area is 308 Å². The van der Waals surface area contributed by atoms with E-state index in [1.165, 1.54) is 219 Å². The van der Waals surface area contributed by atoms with E-state index in [0.717, 1.165) is 0 Å². The molecule has 0 amide bonds. The van der Waals surface area contributed by atoms with Gasteiger partial charge in [0.05, 0.1) is 0 Å².